The van der Waals surface area contributed by atoms with Crippen molar-refractivity contribution in [2.24, 2.45) is 5.73 Å². The number of primary amides is 1. The molecule has 0 aliphatic carbocycles. The molecule has 0 unspecified atom stereocenters. The van der Waals surface area contributed by atoms with Crippen molar-refractivity contribution in [2.75, 3.05) is 12.4 Å². The molecular weight excluding hydrogens is 112 g/mol. The minimum absolute atomic E-state index is 0.212. The van der Waals surface area contributed by atoms with Crippen LogP contribution in [-0.4, -0.2) is 18.3 Å². The summed E-state index contributed by atoms with van der Waals surface area (Å²) in [7, 11) is 0. The van der Waals surface area contributed by atoms with E-state index in [1.54, 1.807) is 0 Å². The van der Waals surface area contributed by atoms with Crippen molar-refractivity contribution in [2.45, 2.75) is 0 Å². The van der Waals surface area contributed by atoms with Crippen molar-refractivity contribution in [3.63, 3.8) is 0 Å². The van der Waals surface area contributed by atoms with Crippen molar-refractivity contribution in [3.05, 3.63) is 0 Å². The smallest absolute Gasteiger partial charge is 0.231 e. The number of thiol groups is 1. The van der Waals surface area contributed by atoms with E-state index in [9.17, 15) is 4.79 Å². The molecule has 0 bridgehead atoms. The lowest BCUT2D eigenvalue weighted by atomic mass is 10.6. The van der Waals surface area contributed by atoms with E-state index in [2.05, 4.69) is 17.9 Å². The van der Waals surface area contributed by atoms with E-state index in [0.717, 1.165) is 0 Å². The topological polar surface area (TPSA) is 55.1 Å². The Hall–Kier alpha value is -0.220. The minimum Gasteiger partial charge on any atom is -0.369 e. The summed E-state index contributed by atoms with van der Waals surface area (Å²) in [6.45, 7) is 0.212. The van der Waals surface area contributed by atoms with Crippen LogP contribution in [0.15, 0.2) is 0 Å². The number of rotatable bonds is 3. The van der Waals surface area contributed by atoms with Gasteiger partial charge >= 0.3 is 0 Å². The van der Waals surface area contributed by atoms with Crippen LogP contribution in [0, 0.1) is 0 Å². The van der Waals surface area contributed by atoms with Crippen LogP contribution < -0.4 is 11.1 Å². The monoisotopic (exact) mass is 120 g/mol. The van der Waals surface area contributed by atoms with Gasteiger partial charge in [-0.2, -0.15) is 12.6 Å². The highest BCUT2D eigenvalue weighted by molar-refractivity contribution is 7.80. The fourth-order valence-electron chi connectivity index (χ4n) is 0.179. The molecule has 0 aromatic heterocycles. The maximum atomic E-state index is 9.88. The Balaban J connectivity index is 2.82. The van der Waals surface area contributed by atoms with Crippen LogP contribution in [0.4, 0.5) is 0 Å². The zero-order chi connectivity index (χ0) is 5.70. The summed E-state index contributed by atoms with van der Waals surface area (Å²) in [6.07, 6.45) is 0. The van der Waals surface area contributed by atoms with Gasteiger partial charge in [0.2, 0.25) is 5.91 Å². The first-order valence-corrected chi connectivity index (χ1v) is 2.50. The number of hydrogen-bond donors (Lipinski definition) is 3. The first kappa shape index (κ1) is 6.78. The highest BCUT2D eigenvalue weighted by Gasteiger charge is 1.86. The number of hydrogen-bond acceptors (Lipinski definition) is 3. The first-order chi connectivity index (χ1) is 3.27. The molecule has 4 heteroatoms. The van der Waals surface area contributed by atoms with Gasteiger partial charge in [-0.15, -0.1) is 0 Å². The van der Waals surface area contributed by atoms with Crippen LogP contribution >= 0.6 is 12.6 Å². The Morgan fingerprint density at radius 2 is 2.43 bits per heavy atom. The fourth-order valence-corrected chi connectivity index (χ4v) is 0.291. The molecular formula is C3H8N2OS. The normalized spacial score (nSPS) is 8.71. The molecule has 42 valence electrons. The van der Waals surface area contributed by atoms with Gasteiger partial charge in [0.25, 0.3) is 0 Å². The van der Waals surface area contributed by atoms with Gasteiger partial charge in [0.15, 0.2) is 0 Å². The van der Waals surface area contributed by atoms with E-state index < -0.39 is 0 Å². The van der Waals surface area contributed by atoms with Gasteiger partial charge in [0, 0.05) is 5.88 Å². The molecule has 0 aromatic rings. The molecule has 0 aliphatic heterocycles. The van der Waals surface area contributed by atoms with Crippen LogP contribution in [0.3, 0.4) is 0 Å². The second-order valence-electron chi connectivity index (χ2n) is 1.05. The van der Waals surface area contributed by atoms with E-state index in [4.69, 9.17) is 5.73 Å². The SMILES string of the molecule is NC(=O)CNCS. The predicted octanol–water partition coefficient (Wildman–Crippen LogP) is -1.05. The van der Waals surface area contributed by atoms with E-state index in [-0.39, 0.29) is 12.5 Å². The van der Waals surface area contributed by atoms with E-state index in [1.165, 1.54) is 0 Å². The number of nitrogens with two attached hydrogens (primary N) is 1. The summed E-state index contributed by atoms with van der Waals surface area (Å²) < 4.78 is 0. The van der Waals surface area contributed by atoms with Crippen LogP contribution in [0.1, 0.15) is 0 Å². The molecule has 0 atom stereocenters. The lowest BCUT2D eigenvalue weighted by Crippen LogP contribution is -2.27. The third kappa shape index (κ3) is 5.78. The van der Waals surface area contributed by atoms with Crippen molar-refractivity contribution < 1.29 is 4.79 Å². The van der Waals surface area contributed by atoms with Crippen LogP contribution in [-0.2, 0) is 4.79 Å². The number of carbonyl (C=O) groups excluding carboxylic acids is 1. The zero-order valence-corrected chi connectivity index (χ0v) is 4.74. The number of nitrogens with one attached hydrogen (secondary N) is 1. The fraction of sp³-hybridized carbons (Fsp3) is 0.667. The predicted molar refractivity (Wildman–Crippen MR) is 31.1 cm³/mol. The average Bonchev–Trinajstić information content (AvgIpc) is 1.61. The second kappa shape index (κ2) is 3.95. The van der Waals surface area contributed by atoms with Crippen LogP contribution in [0.2, 0.25) is 0 Å². The van der Waals surface area contributed by atoms with Crippen LogP contribution in [0.25, 0.3) is 0 Å². The van der Waals surface area contributed by atoms with Gasteiger partial charge in [-0.3, -0.25) is 10.1 Å². The average molecular weight is 120 g/mol. The summed E-state index contributed by atoms with van der Waals surface area (Å²) in [5.41, 5.74) is 4.74. The molecule has 0 saturated carbocycles. The van der Waals surface area contributed by atoms with Crippen molar-refractivity contribution in [1.82, 2.24) is 5.32 Å². The Labute approximate surface area is 47.7 Å². The molecule has 7 heavy (non-hydrogen) atoms. The summed E-state index contributed by atoms with van der Waals surface area (Å²) in [5, 5.41) is 2.64. The largest absolute Gasteiger partial charge is 0.369 e. The lowest BCUT2D eigenvalue weighted by Gasteiger charge is -1.91. The molecule has 0 heterocycles. The van der Waals surface area contributed by atoms with Crippen molar-refractivity contribution >= 4 is 18.5 Å². The molecule has 0 aromatic carbocycles. The summed E-state index contributed by atoms with van der Waals surface area (Å²) >= 11 is 3.78. The highest BCUT2D eigenvalue weighted by atomic mass is 32.1. The minimum atomic E-state index is -0.353. The third-order valence-electron chi connectivity index (χ3n) is 0.411. The van der Waals surface area contributed by atoms with E-state index in [1.807, 2.05) is 0 Å². The molecule has 0 saturated heterocycles. The van der Waals surface area contributed by atoms with Gasteiger partial charge < -0.3 is 5.73 Å². The van der Waals surface area contributed by atoms with Crippen molar-refractivity contribution in [1.29, 1.82) is 0 Å². The Bertz CT molecular complexity index is 66.0. The maximum Gasteiger partial charge on any atom is 0.231 e. The molecule has 1 amide bonds. The van der Waals surface area contributed by atoms with Crippen LogP contribution in [0.5, 0.6) is 0 Å². The van der Waals surface area contributed by atoms with Gasteiger partial charge in [-0.25, -0.2) is 0 Å². The Morgan fingerprint density at radius 1 is 1.86 bits per heavy atom. The van der Waals surface area contributed by atoms with Gasteiger partial charge in [0.05, 0.1) is 6.54 Å². The van der Waals surface area contributed by atoms with Gasteiger partial charge in [0.1, 0.15) is 0 Å². The first-order valence-electron chi connectivity index (χ1n) is 1.87. The Morgan fingerprint density at radius 3 is 2.57 bits per heavy atom. The standard InChI is InChI=1S/C3H8N2OS/c4-3(6)1-5-2-7/h5,7H,1-2H2,(H2,4,6). The highest BCUT2D eigenvalue weighted by Crippen LogP contribution is 1.61. The van der Waals surface area contributed by atoms with E-state index >= 15 is 0 Å². The van der Waals surface area contributed by atoms with Crippen molar-refractivity contribution in [3.8, 4) is 0 Å². The third-order valence-corrected chi connectivity index (χ3v) is 0.635. The molecule has 3 N–H and O–H groups in total. The molecule has 0 rings (SSSR count). The summed E-state index contributed by atoms with van der Waals surface area (Å²) in [5.74, 6) is 0.136. The summed E-state index contributed by atoms with van der Waals surface area (Å²) in [6, 6.07) is 0. The Kier molecular flexibility index (Phi) is 3.83. The molecule has 0 fully saturated rings. The molecule has 0 spiro atoms. The quantitative estimate of drug-likeness (QED) is 0.329. The lowest BCUT2D eigenvalue weighted by molar-refractivity contribution is -0.117. The maximum absolute atomic E-state index is 9.88. The zero-order valence-electron chi connectivity index (χ0n) is 3.85. The molecule has 0 aliphatic rings. The summed E-state index contributed by atoms with van der Waals surface area (Å²) in [4.78, 5) is 9.88. The molecule has 3 nitrogen and oxygen atoms in total. The van der Waals surface area contributed by atoms with Gasteiger partial charge in [-0.05, 0) is 0 Å². The number of carbonyl (C=O) groups is 1. The number of amides is 1. The second-order valence-corrected chi connectivity index (χ2v) is 1.37. The molecule has 0 radical (unpaired) electrons. The van der Waals surface area contributed by atoms with E-state index in [0.29, 0.717) is 5.88 Å². The van der Waals surface area contributed by atoms with Gasteiger partial charge in [-0.1, -0.05) is 0 Å².